The number of carbonyl (C=O) groups excluding carboxylic acids is 2. The van der Waals surface area contributed by atoms with E-state index in [0.717, 1.165) is 0 Å². The van der Waals surface area contributed by atoms with E-state index >= 15 is 0 Å². The van der Waals surface area contributed by atoms with Crippen LogP contribution in [0.2, 0.25) is 0 Å². The first-order valence-corrected chi connectivity index (χ1v) is 5.26. The maximum Gasteiger partial charge on any atom is 0.367 e. The second kappa shape index (κ2) is 3.71. The zero-order chi connectivity index (χ0) is 11.8. The summed E-state index contributed by atoms with van der Waals surface area (Å²) in [5.74, 6) is -3.94. The Morgan fingerprint density at radius 1 is 1.00 bits per heavy atom. The minimum absolute atomic E-state index is 0.0480. The van der Waals surface area contributed by atoms with E-state index in [0.29, 0.717) is 12.8 Å². The Hall–Kier alpha value is -1.14. The smallest absolute Gasteiger partial charge is 0.367 e. The van der Waals surface area contributed by atoms with Gasteiger partial charge < -0.3 is 19.7 Å². The molecule has 1 saturated carbocycles. The molecule has 0 amide bonds. The third-order valence-electron chi connectivity index (χ3n) is 3.26. The summed E-state index contributed by atoms with van der Waals surface area (Å²) < 4.78 is 9.42. The molecule has 2 fully saturated rings. The molecule has 2 N–H and O–H groups in total. The van der Waals surface area contributed by atoms with Crippen molar-refractivity contribution in [3.63, 3.8) is 0 Å². The van der Waals surface area contributed by atoms with Gasteiger partial charge in [-0.15, -0.1) is 0 Å². The lowest BCUT2D eigenvalue weighted by Gasteiger charge is -2.29. The summed E-state index contributed by atoms with van der Waals surface area (Å²) in [6.07, 6.45) is 1.33. The summed E-state index contributed by atoms with van der Waals surface area (Å²) in [5, 5.41) is 19.5. The standard InChI is InChI=1S/C10H14O6/c11-7-1-2-9(3-4-9)10(13,14)8(12)16-6-5-15-7/h13-14H,1-6H2. The minimum Gasteiger partial charge on any atom is -0.462 e. The first-order chi connectivity index (χ1) is 7.48. The van der Waals surface area contributed by atoms with Gasteiger partial charge in [0.25, 0.3) is 5.79 Å². The molecule has 0 radical (unpaired) electrons. The lowest BCUT2D eigenvalue weighted by Crippen LogP contribution is -2.49. The molecular formula is C10H14O6. The van der Waals surface area contributed by atoms with Crippen molar-refractivity contribution in [1.29, 1.82) is 0 Å². The molecule has 1 spiro atoms. The van der Waals surface area contributed by atoms with Crippen LogP contribution in [0.15, 0.2) is 0 Å². The molecule has 1 aliphatic heterocycles. The Morgan fingerprint density at radius 3 is 2.25 bits per heavy atom. The zero-order valence-corrected chi connectivity index (χ0v) is 8.77. The fourth-order valence-corrected chi connectivity index (χ4v) is 1.94. The fraction of sp³-hybridized carbons (Fsp3) is 0.800. The SMILES string of the molecule is O=C1CCC2(CC2)C(O)(O)C(=O)OCCO1. The van der Waals surface area contributed by atoms with Crippen LogP contribution >= 0.6 is 0 Å². The summed E-state index contributed by atoms with van der Waals surface area (Å²) in [6.45, 7) is -0.197. The van der Waals surface area contributed by atoms with Crippen molar-refractivity contribution in [3.05, 3.63) is 0 Å². The third kappa shape index (κ3) is 1.78. The molecule has 6 heteroatoms. The molecule has 0 unspecified atom stereocenters. The predicted octanol–water partition coefficient (Wildman–Crippen LogP) is -0.672. The monoisotopic (exact) mass is 230 g/mol. The van der Waals surface area contributed by atoms with Gasteiger partial charge in [0.2, 0.25) is 0 Å². The Kier molecular flexibility index (Phi) is 2.63. The number of cyclic esters (lactones) is 2. The van der Waals surface area contributed by atoms with Gasteiger partial charge >= 0.3 is 11.9 Å². The van der Waals surface area contributed by atoms with Crippen LogP contribution in [-0.2, 0) is 19.1 Å². The Morgan fingerprint density at radius 2 is 1.62 bits per heavy atom. The summed E-state index contributed by atoms with van der Waals surface area (Å²) in [4.78, 5) is 22.6. The number of aliphatic hydroxyl groups is 2. The minimum atomic E-state index is -2.48. The molecule has 2 rings (SSSR count). The molecule has 0 bridgehead atoms. The second-order valence-corrected chi connectivity index (χ2v) is 4.31. The van der Waals surface area contributed by atoms with E-state index in [4.69, 9.17) is 4.74 Å². The topological polar surface area (TPSA) is 93.1 Å². The van der Waals surface area contributed by atoms with Crippen LogP contribution in [0.4, 0.5) is 0 Å². The van der Waals surface area contributed by atoms with Crippen LogP contribution in [-0.4, -0.2) is 41.2 Å². The molecule has 90 valence electrons. The Labute approximate surface area is 92.2 Å². The molecule has 1 aliphatic carbocycles. The van der Waals surface area contributed by atoms with Crippen molar-refractivity contribution in [2.75, 3.05) is 13.2 Å². The van der Waals surface area contributed by atoms with E-state index < -0.39 is 23.1 Å². The molecule has 6 nitrogen and oxygen atoms in total. The van der Waals surface area contributed by atoms with Crippen LogP contribution in [0.1, 0.15) is 25.7 Å². The highest BCUT2D eigenvalue weighted by molar-refractivity contribution is 5.79. The first kappa shape index (κ1) is 11.3. The average molecular weight is 230 g/mol. The van der Waals surface area contributed by atoms with E-state index in [1.54, 1.807) is 0 Å². The van der Waals surface area contributed by atoms with E-state index in [1.807, 2.05) is 0 Å². The molecule has 16 heavy (non-hydrogen) atoms. The van der Waals surface area contributed by atoms with Gasteiger partial charge in [0.15, 0.2) is 0 Å². The lowest BCUT2D eigenvalue weighted by atomic mass is 9.89. The summed E-state index contributed by atoms with van der Waals surface area (Å²) in [5.41, 5.74) is -0.930. The van der Waals surface area contributed by atoms with Gasteiger partial charge in [0, 0.05) is 11.8 Å². The quantitative estimate of drug-likeness (QED) is 0.423. The van der Waals surface area contributed by atoms with Crippen LogP contribution in [0.3, 0.4) is 0 Å². The number of ether oxygens (including phenoxy) is 2. The van der Waals surface area contributed by atoms with Crippen LogP contribution in [0.25, 0.3) is 0 Å². The van der Waals surface area contributed by atoms with Crippen LogP contribution in [0, 0.1) is 5.41 Å². The molecule has 1 heterocycles. The van der Waals surface area contributed by atoms with E-state index in [9.17, 15) is 19.8 Å². The number of esters is 2. The number of rotatable bonds is 0. The average Bonchev–Trinajstić information content (AvgIpc) is 3.01. The highest BCUT2D eigenvalue weighted by Crippen LogP contribution is 2.57. The first-order valence-electron chi connectivity index (χ1n) is 5.26. The summed E-state index contributed by atoms with van der Waals surface area (Å²) >= 11 is 0. The molecule has 0 aromatic heterocycles. The molecule has 0 atom stereocenters. The number of carbonyl (C=O) groups is 2. The van der Waals surface area contributed by atoms with Gasteiger partial charge in [-0.1, -0.05) is 0 Å². The van der Waals surface area contributed by atoms with Gasteiger partial charge in [-0.05, 0) is 19.3 Å². The van der Waals surface area contributed by atoms with Crippen molar-refractivity contribution < 1.29 is 29.3 Å². The highest BCUT2D eigenvalue weighted by atomic mass is 16.6. The molecule has 2 aliphatic rings. The summed E-state index contributed by atoms with van der Waals surface area (Å²) in [7, 11) is 0. The second-order valence-electron chi connectivity index (χ2n) is 4.31. The van der Waals surface area contributed by atoms with Gasteiger partial charge in [-0.25, -0.2) is 4.79 Å². The molecule has 0 aromatic carbocycles. The normalized spacial score (nSPS) is 28.1. The van der Waals surface area contributed by atoms with Crippen LogP contribution in [0.5, 0.6) is 0 Å². The molecule has 1 saturated heterocycles. The van der Waals surface area contributed by atoms with Crippen molar-refractivity contribution in [2.24, 2.45) is 5.41 Å². The van der Waals surface area contributed by atoms with Gasteiger partial charge in [0.05, 0.1) is 0 Å². The predicted molar refractivity (Wildman–Crippen MR) is 50.0 cm³/mol. The van der Waals surface area contributed by atoms with E-state index in [-0.39, 0.29) is 26.1 Å². The van der Waals surface area contributed by atoms with Gasteiger partial charge in [-0.2, -0.15) is 0 Å². The largest absolute Gasteiger partial charge is 0.462 e. The van der Waals surface area contributed by atoms with Gasteiger partial charge in [-0.3, -0.25) is 4.79 Å². The van der Waals surface area contributed by atoms with Gasteiger partial charge in [0.1, 0.15) is 13.2 Å². The maximum atomic E-state index is 11.4. The summed E-state index contributed by atoms with van der Waals surface area (Å²) in [6, 6.07) is 0. The maximum absolute atomic E-state index is 11.4. The lowest BCUT2D eigenvalue weighted by molar-refractivity contribution is -0.237. The Balaban J connectivity index is 2.15. The molecular weight excluding hydrogens is 216 g/mol. The van der Waals surface area contributed by atoms with Crippen molar-refractivity contribution in [3.8, 4) is 0 Å². The highest BCUT2D eigenvalue weighted by Gasteiger charge is 2.63. The van der Waals surface area contributed by atoms with Crippen molar-refractivity contribution >= 4 is 11.9 Å². The van der Waals surface area contributed by atoms with Crippen molar-refractivity contribution in [1.82, 2.24) is 0 Å². The third-order valence-corrected chi connectivity index (χ3v) is 3.26. The Bertz CT molecular complexity index is 317. The van der Waals surface area contributed by atoms with E-state index in [2.05, 4.69) is 4.74 Å². The van der Waals surface area contributed by atoms with E-state index in [1.165, 1.54) is 0 Å². The number of hydrogen-bond donors (Lipinski definition) is 2. The number of hydrogen-bond acceptors (Lipinski definition) is 6. The van der Waals surface area contributed by atoms with Crippen molar-refractivity contribution in [2.45, 2.75) is 31.5 Å². The molecule has 0 aromatic rings. The fourth-order valence-electron chi connectivity index (χ4n) is 1.94. The zero-order valence-electron chi connectivity index (χ0n) is 8.77. The van der Waals surface area contributed by atoms with Crippen LogP contribution < -0.4 is 0 Å².